The number of sulfonamides is 1. The number of carbonyl (C=O) groups is 1. The van der Waals surface area contributed by atoms with Gasteiger partial charge in [-0.05, 0) is 49.1 Å². The quantitative estimate of drug-likeness (QED) is 0.500. The Morgan fingerprint density at radius 3 is 2.27 bits per heavy atom. The van der Waals surface area contributed by atoms with Crippen molar-refractivity contribution in [2.24, 2.45) is 11.1 Å². The Bertz CT molecular complexity index is 1180. The van der Waals surface area contributed by atoms with Crippen LogP contribution in [0.15, 0.2) is 53.4 Å². The van der Waals surface area contributed by atoms with Crippen LogP contribution in [0.25, 0.3) is 21.7 Å². The first kappa shape index (κ1) is 21.2. The van der Waals surface area contributed by atoms with E-state index in [4.69, 9.17) is 21.7 Å². The van der Waals surface area contributed by atoms with E-state index in [2.05, 4.69) is 0 Å². The van der Waals surface area contributed by atoms with Gasteiger partial charge in [-0.25, -0.2) is 18.5 Å². The van der Waals surface area contributed by atoms with E-state index in [1.807, 2.05) is 19.1 Å². The third kappa shape index (κ3) is 4.34. The highest BCUT2D eigenvalue weighted by Gasteiger charge is 2.37. The van der Waals surface area contributed by atoms with Crippen molar-refractivity contribution < 1.29 is 13.2 Å². The average molecular weight is 461 g/mol. The number of hydrogen-bond donors (Lipinski definition) is 1. The van der Waals surface area contributed by atoms with Gasteiger partial charge < -0.3 is 4.79 Å². The van der Waals surface area contributed by atoms with Crippen molar-refractivity contribution in [3.63, 3.8) is 0 Å². The van der Waals surface area contributed by atoms with Gasteiger partial charge in [0.1, 0.15) is 11.3 Å². The summed E-state index contributed by atoms with van der Waals surface area (Å²) in [5, 5.41) is 6.61. The van der Waals surface area contributed by atoms with Crippen LogP contribution < -0.4 is 5.14 Å². The molecule has 1 unspecified atom stereocenters. The monoisotopic (exact) mass is 460 g/mol. The average Bonchev–Trinajstić information content (AvgIpc) is 3.41. The molecule has 1 saturated carbocycles. The highest BCUT2D eigenvalue weighted by Crippen LogP contribution is 2.46. The fourth-order valence-corrected chi connectivity index (χ4v) is 5.32. The minimum Gasteiger partial charge on any atom is -0.302 e. The molecule has 3 aromatic rings. The van der Waals surface area contributed by atoms with E-state index in [0.717, 1.165) is 52.3 Å². The maximum absolute atomic E-state index is 12.1. The fraction of sp³-hybridized carbons (Fsp3) is 0.273. The fourth-order valence-electron chi connectivity index (χ4n) is 3.47. The second-order valence-electron chi connectivity index (χ2n) is 7.96. The van der Waals surface area contributed by atoms with Gasteiger partial charge in [0.2, 0.25) is 10.0 Å². The summed E-state index contributed by atoms with van der Waals surface area (Å²) in [6.45, 7) is 1.94. The number of nitrogens with zero attached hydrogens (tertiary/aromatic N) is 1. The number of halogens is 1. The van der Waals surface area contributed by atoms with Crippen LogP contribution in [0, 0.1) is 5.92 Å². The molecule has 0 saturated heterocycles. The number of primary sulfonamides is 1. The lowest BCUT2D eigenvalue weighted by Gasteiger charge is -2.19. The summed E-state index contributed by atoms with van der Waals surface area (Å²) < 4.78 is 23.2. The molecule has 0 amide bonds. The van der Waals surface area contributed by atoms with E-state index < -0.39 is 15.4 Å². The van der Waals surface area contributed by atoms with Crippen molar-refractivity contribution in [1.29, 1.82) is 0 Å². The molecule has 0 spiro atoms. The van der Waals surface area contributed by atoms with Gasteiger partial charge in [0.15, 0.2) is 0 Å². The third-order valence-corrected chi connectivity index (χ3v) is 7.91. The second-order valence-corrected chi connectivity index (χ2v) is 11.0. The van der Waals surface area contributed by atoms with Gasteiger partial charge >= 0.3 is 0 Å². The molecule has 2 aromatic carbocycles. The minimum absolute atomic E-state index is 0.0514. The largest absolute Gasteiger partial charge is 0.302 e. The first-order chi connectivity index (χ1) is 14.2. The summed E-state index contributed by atoms with van der Waals surface area (Å²) in [5.41, 5.74) is 1.80. The van der Waals surface area contributed by atoms with E-state index in [9.17, 15) is 13.2 Å². The van der Waals surface area contributed by atoms with Crippen molar-refractivity contribution in [1.82, 2.24) is 4.98 Å². The van der Waals surface area contributed by atoms with Crippen LogP contribution in [0.5, 0.6) is 0 Å². The van der Waals surface area contributed by atoms with Crippen LogP contribution in [0.4, 0.5) is 0 Å². The van der Waals surface area contributed by atoms with Gasteiger partial charge in [-0.1, -0.05) is 48.7 Å². The number of carbonyl (C=O) groups excluding carboxylic acids is 1. The zero-order chi connectivity index (χ0) is 21.5. The van der Waals surface area contributed by atoms with Crippen LogP contribution >= 0.6 is 22.9 Å². The minimum atomic E-state index is -3.77. The Morgan fingerprint density at radius 2 is 1.73 bits per heavy atom. The predicted molar refractivity (Wildman–Crippen MR) is 120 cm³/mol. The highest BCUT2D eigenvalue weighted by molar-refractivity contribution is 7.89. The number of rotatable bonds is 7. The summed E-state index contributed by atoms with van der Waals surface area (Å²) in [6, 6.07) is 13.8. The summed E-state index contributed by atoms with van der Waals surface area (Å²) in [6.07, 6.45) is 4.10. The van der Waals surface area contributed by atoms with Gasteiger partial charge in [-0.15, -0.1) is 11.3 Å². The Balaban J connectivity index is 1.84. The molecular formula is C22H21ClN2O3S2. The lowest BCUT2D eigenvalue weighted by atomic mass is 9.87. The topological polar surface area (TPSA) is 90.1 Å². The standard InChI is InChI=1S/C22H21ClN2O3S2/c1-22(13-26,12-14-2-3-14)21-25-19(15-4-8-17(23)9-5-15)20(29-21)16-6-10-18(11-7-16)30(24,27)28/h4-11,13-14H,2-3,12H2,1H3,(H2,24,27,28). The molecule has 8 heteroatoms. The third-order valence-electron chi connectivity index (χ3n) is 5.35. The van der Waals surface area contributed by atoms with Crippen LogP contribution in [-0.2, 0) is 20.2 Å². The van der Waals surface area contributed by atoms with E-state index in [-0.39, 0.29) is 4.90 Å². The molecule has 0 radical (unpaired) electrons. The number of benzene rings is 2. The Morgan fingerprint density at radius 1 is 1.13 bits per heavy atom. The molecule has 1 aliphatic carbocycles. The van der Waals surface area contributed by atoms with Crippen molar-refractivity contribution in [2.75, 3.05) is 0 Å². The highest BCUT2D eigenvalue weighted by atomic mass is 35.5. The maximum Gasteiger partial charge on any atom is 0.238 e. The van der Waals surface area contributed by atoms with Crippen molar-refractivity contribution in [3.8, 4) is 21.7 Å². The van der Waals surface area contributed by atoms with Crippen LogP contribution in [0.2, 0.25) is 5.02 Å². The number of hydrogen-bond acceptors (Lipinski definition) is 5. The maximum atomic E-state index is 12.1. The summed E-state index contributed by atoms with van der Waals surface area (Å²) in [7, 11) is -3.77. The summed E-state index contributed by atoms with van der Waals surface area (Å²) in [5.74, 6) is 0.570. The molecule has 1 aromatic heterocycles. The molecule has 4 rings (SSSR count). The van der Waals surface area contributed by atoms with Gasteiger partial charge in [0, 0.05) is 10.6 Å². The van der Waals surface area contributed by atoms with Gasteiger partial charge in [0.05, 0.1) is 20.9 Å². The van der Waals surface area contributed by atoms with Gasteiger partial charge in [-0.2, -0.15) is 0 Å². The van der Waals surface area contributed by atoms with Crippen molar-refractivity contribution >= 4 is 39.2 Å². The zero-order valence-corrected chi connectivity index (χ0v) is 18.7. The SMILES string of the molecule is CC(C=O)(CC1CC1)c1nc(-c2ccc(Cl)cc2)c(-c2ccc(S(N)(=O)=O)cc2)s1. The molecule has 1 heterocycles. The van der Waals surface area contributed by atoms with Crippen LogP contribution in [-0.4, -0.2) is 19.7 Å². The van der Waals surface area contributed by atoms with E-state index in [0.29, 0.717) is 10.9 Å². The molecule has 0 aliphatic heterocycles. The zero-order valence-electron chi connectivity index (χ0n) is 16.3. The molecule has 156 valence electrons. The predicted octanol–water partition coefficient (Wildman–Crippen LogP) is 5.03. The molecule has 1 aliphatic rings. The lowest BCUT2D eigenvalue weighted by Crippen LogP contribution is -2.24. The van der Waals surface area contributed by atoms with Crippen LogP contribution in [0.1, 0.15) is 31.2 Å². The van der Waals surface area contributed by atoms with Gasteiger partial charge in [0.25, 0.3) is 0 Å². The number of aromatic nitrogens is 1. The summed E-state index contributed by atoms with van der Waals surface area (Å²) in [4.78, 5) is 17.9. The molecule has 2 N–H and O–H groups in total. The van der Waals surface area contributed by atoms with E-state index in [1.54, 1.807) is 24.3 Å². The number of thiazole rings is 1. The first-order valence-corrected chi connectivity index (χ1v) is 12.3. The molecule has 30 heavy (non-hydrogen) atoms. The van der Waals surface area contributed by atoms with Gasteiger partial charge in [-0.3, -0.25) is 0 Å². The van der Waals surface area contributed by atoms with E-state index in [1.165, 1.54) is 23.5 Å². The Hall–Kier alpha value is -2.06. The first-order valence-electron chi connectivity index (χ1n) is 9.56. The number of aldehydes is 1. The number of nitrogens with two attached hydrogens (primary N) is 1. The Kier molecular flexibility index (Phi) is 5.57. The molecule has 0 bridgehead atoms. The van der Waals surface area contributed by atoms with Crippen LogP contribution in [0.3, 0.4) is 0 Å². The smallest absolute Gasteiger partial charge is 0.238 e. The summed E-state index contributed by atoms with van der Waals surface area (Å²) >= 11 is 7.52. The van der Waals surface area contributed by atoms with Crippen molar-refractivity contribution in [3.05, 3.63) is 58.6 Å². The van der Waals surface area contributed by atoms with Crippen molar-refractivity contribution in [2.45, 2.75) is 36.5 Å². The lowest BCUT2D eigenvalue weighted by molar-refractivity contribution is -0.112. The molecular weight excluding hydrogens is 440 g/mol. The molecule has 5 nitrogen and oxygen atoms in total. The normalized spacial score (nSPS) is 16.2. The molecule has 1 fully saturated rings. The molecule has 1 atom stereocenters. The van der Waals surface area contributed by atoms with E-state index >= 15 is 0 Å². The second kappa shape index (κ2) is 7.89. The Labute approximate surface area is 185 Å².